The van der Waals surface area contributed by atoms with E-state index in [0.29, 0.717) is 36.0 Å². The fourth-order valence-corrected chi connectivity index (χ4v) is 6.27. The first kappa shape index (κ1) is 15.1. The fourth-order valence-electron chi connectivity index (χ4n) is 6.27. The van der Waals surface area contributed by atoms with Gasteiger partial charge in [0.15, 0.2) is 0 Å². The van der Waals surface area contributed by atoms with Crippen molar-refractivity contribution < 1.29 is 10.2 Å². The molecule has 3 rings (SSSR count). The molecule has 3 fully saturated rings. The lowest BCUT2D eigenvalue weighted by molar-refractivity contribution is -0.146. The summed E-state index contributed by atoms with van der Waals surface area (Å²) in [4.78, 5) is 2.99. The van der Waals surface area contributed by atoms with Gasteiger partial charge >= 0.3 is 0 Å². The first-order valence-corrected chi connectivity index (χ1v) is 8.31. The Morgan fingerprint density at radius 2 is 1.86 bits per heavy atom. The molecule has 0 bridgehead atoms. The molecule has 9 atom stereocenters. The molecule has 0 saturated heterocycles. The molecule has 0 aromatic rings. The number of fused-ring (bicyclic) bond motifs is 3. The third-order valence-electron chi connectivity index (χ3n) is 7.05. The third-order valence-corrected chi connectivity index (χ3v) is 7.05. The maximum absolute atomic E-state index is 10.4. The monoisotopic (exact) mass is 293 g/mol. The van der Waals surface area contributed by atoms with Crippen LogP contribution in [-0.4, -0.2) is 28.5 Å². The molecule has 0 amide bonds. The van der Waals surface area contributed by atoms with Crippen LogP contribution >= 0.6 is 0 Å². The molecule has 0 aromatic carbocycles. The summed E-state index contributed by atoms with van der Waals surface area (Å²) in [5.74, 6) is 2.81. The third kappa shape index (κ3) is 2.01. The Labute approximate surface area is 126 Å². The Kier molecular flexibility index (Phi) is 3.71. The molecular formula is C16H27N3O2. The van der Waals surface area contributed by atoms with Crippen molar-refractivity contribution in [3.63, 3.8) is 0 Å². The van der Waals surface area contributed by atoms with Crippen LogP contribution in [0.1, 0.15) is 46.5 Å². The van der Waals surface area contributed by atoms with E-state index in [1.54, 1.807) is 0 Å². The number of azide groups is 1. The van der Waals surface area contributed by atoms with Crippen LogP contribution in [0.3, 0.4) is 0 Å². The minimum absolute atomic E-state index is 0.183. The van der Waals surface area contributed by atoms with Gasteiger partial charge in [-0.05, 0) is 66.2 Å². The molecular weight excluding hydrogens is 266 g/mol. The van der Waals surface area contributed by atoms with E-state index in [-0.39, 0.29) is 5.41 Å². The van der Waals surface area contributed by atoms with E-state index in [9.17, 15) is 10.2 Å². The zero-order valence-electron chi connectivity index (χ0n) is 13.2. The molecule has 3 aliphatic carbocycles. The molecule has 3 saturated carbocycles. The summed E-state index contributed by atoms with van der Waals surface area (Å²) >= 11 is 0. The molecule has 5 unspecified atom stereocenters. The normalized spacial score (nSPS) is 56.2. The smallest absolute Gasteiger partial charge is 0.0889 e. The summed E-state index contributed by atoms with van der Waals surface area (Å²) in [5, 5.41) is 24.5. The topological polar surface area (TPSA) is 89.2 Å². The van der Waals surface area contributed by atoms with E-state index in [1.807, 2.05) is 0 Å². The van der Waals surface area contributed by atoms with Crippen LogP contribution in [0.15, 0.2) is 5.11 Å². The van der Waals surface area contributed by atoms with Crippen molar-refractivity contribution in [1.29, 1.82) is 0 Å². The highest BCUT2D eigenvalue weighted by atomic mass is 16.3. The Morgan fingerprint density at radius 1 is 1.14 bits per heavy atom. The minimum atomic E-state index is -0.927. The van der Waals surface area contributed by atoms with Gasteiger partial charge in [0.2, 0.25) is 0 Å². The zero-order chi connectivity index (χ0) is 15.4. The lowest BCUT2D eigenvalue weighted by Gasteiger charge is -2.58. The van der Waals surface area contributed by atoms with Gasteiger partial charge in [0.05, 0.1) is 18.2 Å². The van der Waals surface area contributed by atoms with E-state index in [0.717, 1.165) is 6.42 Å². The van der Waals surface area contributed by atoms with Gasteiger partial charge in [-0.15, -0.1) is 0 Å². The highest BCUT2D eigenvalue weighted by Gasteiger charge is 2.61. The summed E-state index contributed by atoms with van der Waals surface area (Å²) in [5.41, 5.74) is 8.77. The quantitative estimate of drug-likeness (QED) is 0.442. The highest BCUT2D eigenvalue weighted by molar-refractivity contribution is 5.12. The maximum atomic E-state index is 10.4. The molecule has 5 heteroatoms. The Hall–Kier alpha value is -0.770. The lowest BCUT2D eigenvalue weighted by atomic mass is 9.49. The van der Waals surface area contributed by atoms with Crippen molar-refractivity contribution in [2.75, 3.05) is 0 Å². The molecule has 0 aliphatic heterocycles. The van der Waals surface area contributed by atoms with E-state index in [2.05, 4.69) is 30.8 Å². The standard InChI is InChI=1S/C16H27N3O2/c1-8-6-9(2)13-11(8)5-4-10-7-12(20)14(21)15(18-19-17)16(10,13)3/h8-15,20-21H,4-7H2,1-3H3/t8?,9?,10?,11?,12-,13?,14-,15+,16+/m1/s1. The van der Waals surface area contributed by atoms with Crippen LogP contribution in [0.2, 0.25) is 0 Å². The first-order valence-electron chi connectivity index (χ1n) is 8.31. The van der Waals surface area contributed by atoms with Crippen LogP contribution < -0.4 is 0 Å². The fraction of sp³-hybridized carbons (Fsp3) is 1.00. The number of hydrogen-bond donors (Lipinski definition) is 2. The summed E-state index contributed by atoms with van der Waals surface area (Å²) in [6, 6.07) is -0.503. The Bertz CT molecular complexity index is 464. The maximum Gasteiger partial charge on any atom is 0.0889 e. The molecule has 0 spiro atoms. The van der Waals surface area contributed by atoms with Crippen molar-refractivity contribution in [3.8, 4) is 0 Å². The SMILES string of the molecule is CC1CC(C)C2C1CCC1C[C@@H](O)[C@@H](O)[C@H](N=[N+]=[N-])[C@@]12C. The molecule has 21 heavy (non-hydrogen) atoms. The highest BCUT2D eigenvalue weighted by Crippen LogP contribution is 2.63. The summed E-state index contributed by atoms with van der Waals surface area (Å²) < 4.78 is 0. The van der Waals surface area contributed by atoms with Gasteiger partial charge in [-0.1, -0.05) is 25.9 Å². The van der Waals surface area contributed by atoms with Gasteiger partial charge < -0.3 is 10.2 Å². The average molecular weight is 293 g/mol. The van der Waals surface area contributed by atoms with Gasteiger partial charge in [0.1, 0.15) is 0 Å². The molecule has 118 valence electrons. The minimum Gasteiger partial charge on any atom is -0.390 e. The Morgan fingerprint density at radius 3 is 2.52 bits per heavy atom. The lowest BCUT2D eigenvalue weighted by Crippen LogP contribution is -2.61. The number of aliphatic hydroxyl groups excluding tert-OH is 2. The van der Waals surface area contributed by atoms with Crippen molar-refractivity contribution >= 4 is 0 Å². The average Bonchev–Trinajstić information content (AvgIpc) is 2.73. The molecule has 0 aromatic heterocycles. The van der Waals surface area contributed by atoms with E-state index in [4.69, 9.17) is 5.53 Å². The van der Waals surface area contributed by atoms with Crippen molar-refractivity contribution in [1.82, 2.24) is 0 Å². The Balaban J connectivity index is 2.05. The summed E-state index contributed by atoms with van der Waals surface area (Å²) in [7, 11) is 0. The molecule has 2 N–H and O–H groups in total. The molecule has 3 aliphatic rings. The number of hydrogen-bond acceptors (Lipinski definition) is 3. The van der Waals surface area contributed by atoms with Gasteiger partial charge in [-0.2, -0.15) is 0 Å². The second kappa shape index (κ2) is 5.15. The van der Waals surface area contributed by atoms with Crippen LogP contribution in [0.25, 0.3) is 10.4 Å². The van der Waals surface area contributed by atoms with Crippen LogP contribution in [-0.2, 0) is 0 Å². The van der Waals surface area contributed by atoms with Crippen molar-refractivity contribution in [3.05, 3.63) is 10.4 Å². The van der Waals surface area contributed by atoms with Gasteiger partial charge in [0, 0.05) is 4.91 Å². The van der Waals surface area contributed by atoms with Gasteiger partial charge in [-0.3, -0.25) is 0 Å². The number of rotatable bonds is 1. The zero-order valence-corrected chi connectivity index (χ0v) is 13.2. The van der Waals surface area contributed by atoms with Crippen molar-refractivity contribution in [2.24, 2.45) is 40.1 Å². The van der Waals surface area contributed by atoms with Gasteiger partial charge in [-0.25, -0.2) is 0 Å². The molecule has 0 radical (unpaired) electrons. The number of nitrogens with zero attached hydrogens (tertiary/aromatic N) is 3. The van der Waals surface area contributed by atoms with E-state index < -0.39 is 18.2 Å². The number of aliphatic hydroxyl groups is 2. The largest absolute Gasteiger partial charge is 0.390 e. The molecule has 0 heterocycles. The second-order valence-corrected chi connectivity index (χ2v) is 7.96. The van der Waals surface area contributed by atoms with Gasteiger partial charge in [0.25, 0.3) is 0 Å². The summed E-state index contributed by atoms with van der Waals surface area (Å²) in [6.45, 7) is 6.85. The van der Waals surface area contributed by atoms with Crippen LogP contribution in [0, 0.1) is 35.0 Å². The predicted octanol–water partition coefficient (Wildman–Crippen LogP) is 3.12. The first-order chi connectivity index (χ1) is 9.91. The second-order valence-electron chi connectivity index (χ2n) is 7.96. The van der Waals surface area contributed by atoms with E-state index >= 15 is 0 Å². The van der Waals surface area contributed by atoms with Crippen LogP contribution in [0.5, 0.6) is 0 Å². The molecule has 5 nitrogen and oxygen atoms in total. The van der Waals surface area contributed by atoms with E-state index in [1.165, 1.54) is 12.8 Å². The van der Waals surface area contributed by atoms with Crippen LogP contribution in [0.4, 0.5) is 0 Å². The van der Waals surface area contributed by atoms with Crippen molar-refractivity contribution in [2.45, 2.75) is 64.7 Å². The summed E-state index contributed by atoms with van der Waals surface area (Å²) in [6.07, 6.45) is 2.46. The predicted molar refractivity (Wildman–Crippen MR) is 80.3 cm³/mol.